The lowest BCUT2D eigenvalue weighted by atomic mass is 9.86. The fourth-order valence-electron chi connectivity index (χ4n) is 4.35. The van der Waals surface area contributed by atoms with Gasteiger partial charge >= 0.3 is 6.09 Å². The first-order chi connectivity index (χ1) is 18.0. The van der Waals surface area contributed by atoms with Gasteiger partial charge < -0.3 is 14.8 Å². The molecular formula is C27H35N5O5S. The van der Waals surface area contributed by atoms with Crippen molar-refractivity contribution in [2.45, 2.75) is 69.9 Å². The highest BCUT2D eigenvalue weighted by molar-refractivity contribution is 7.91. The topological polar surface area (TPSA) is 125 Å². The number of rotatable bonds is 8. The maximum Gasteiger partial charge on any atom is 0.407 e. The molecular weight excluding hydrogens is 506 g/mol. The smallest absolute Gasteiger partial charge is 0.407 e. The molecule has 0 radical (unpaired) electrons. The second-order valence-corrected chi connectivity index (χ2v) is 12.8. The molecule has 4 rings (SSSR count). The molecule has 1 saturated carbocycles. The summed E-state index contributed by atoms with van der Waals surface area (Å²) in [4.78, 5) is 20.9. The van der Waals surface area contributed by atoms with E-state index in [9.17, 15) is 13.2 Å². The first kappa shape index (κ1) is 27.6. The fraction of sp³-hybridized carbons (Fsp3) is 0.481. The molecule has 1 fully saturated rings. The minimum atomic E-state index is -3.26. The van der Waals surface area contributed by atoms with Crippen LogP contribution in [0.15, 0.2) is 54.1 Å². The second-order valence-electron chi connectivity index (χ2n) is 10.5. The first-order valence-electron chi connectivity index (χ1n) is 12.8. The molecule has 204 valence electrons. The number of hydrogen-bond acceptors (Lipinski definition) is 8. The van der Waals surface area contributed by atoms with Crippen molar-refractivity contribution in [1.29, 1.82) is 0 Å². The van der Waals surface area contributed by atoms with Crippen LogP contribution < -0.4 is 10.1 Å². The van der Waals surface area contributed by atoms with Crippen molar-refractivity contribution in [3.05, 3.63) is 49.2 Å². The fourth-order valence-corrected chi connectivity index (χ4v) is 5.24. The summed E-state index contributed by atoms with van der Waals surface area (Å²) in [6.45, 7) is 7.71. The summed E-state index contributed by atoms with van der Waals surface area (Å²) in [6.07, 6.45) is 9.89. The van der Waals surface area contributed by atoms with Gasteiger partial charge in [-0.15, -0.1) is 0 Å². The molecule has 0 atom stereocenters. The quantitative estimate of drug-likeness (QED) is 0.439. The summed E-state index contributed by atoms with van der Waals surface area (Å²) < 4.78 is 37.3. The van der Waals surface area contributed by atoms with E-state index in [1.165, 1.54) is 6.33 Å². The highest BCUT2D eigenvalue weighted by Crippen LogP contribution is 2.30. The second kappa shape index (κ2) is 11.5. The van der Waals surface area contributed by atoms with Gasteiger partial charge in [-0.2, -0.15) is 5.10 Å². The van der Waals surface area contributed by atoms with Crippen LogP contribution in [0.3, 0.4) is 0 Å². The summed E-state index contributed by atoms with van der Waals surface area (Å²) in [5.74, 6) is 0.991. The van der Waals surface area contributed by atoms with Crippen molar-refractivity contribution in [2.75, 3.05) is 12.4 Å². The minimum absolute atomic E-state index is 0.0547. The van der Waals surface area contributed by atoms with Gasteiger partial charge in [-0.05, 0) is 76.6 Å². The van der Waals surface area contributed by atoms with Crippen LogP contribution in [-0.4, -0.2) is 58.3 Å². The van der Waals surface area contributed by atoms with Gasteiger partial charge in [0.05, 0.1) is 35.3 Å². The van der Waals surface area contributed by atoms with E-state index < -0.39 is 15.4 Å². The number of nitrogens with one attached hydrogen (secondary N) is 1. The number of carbonyl (C=O) groups is 1. The molecule has 1 aliphatic rings. The van der Waals surface area contributed by atoms with E-state index >= 15 is 0 Å². The monoisotopic (exact) mass is 541 g/mol. The van der Waals surface area contributed by atoms with Gasteiger partial charge in [-0.1, -0.05) is 6.92 Å². The summed E-state index contributed by atoms with van der Waals surface area (Å²) in [6, 6.07) is 6.74. The van der Waals surface area contributed by atoms with Crippen LogP contribution >= 0.6 is 0 Å². The predicted octanol–water partition coefficient (Wildman–Crippen LogP) is 4.59. The average Bonchev–Trinajstić information content (AvgIpc) is 3.38. The molecule has 1 aliphatic carbocycles. The third-order valence-electron chi connectivity index (χ3n) is 6.42. The lowest BCUT2D eigenvalue weighted by Gasteiger charge is -2.30. The summed E-state index contributed by atoms with van der Waals surface area (Å²) in [5, 5.41) is 7.39. The number of carbonyl (C=O) groups excluding carboxylic acids is 1. The summed E-state index contributed by atoms with van der Waals surface area (Å²) in [7, 11) is -3.26. The number of hydrogen-bond donors (Lipinski definition) is 1. The Hall–Kier alpha value is -3.47. The Balaban J connectivity index is 1.35. The molecule has 1 aromatic carbocycles. The highest BCUT2D eigenvalue weighted by Gasteiger charge is 2.25. The highest BCUT2D eigenvalue weighted by atomic mass is 32.2. The normalized spacial score (nSPS) is 18.1. The SMILES string of the molecule is CCS(=O)(=O)c1ccc(-n2cc(-c3ncncc3OCC3CCC(NC(=O)OC(C)(C)C)CC3)cn2)cc1. The number of alkyl carbamates (subject to hydrolysis) is 1. The lowest BCUT2D eigenvalue weighted by Crippen LogP contribution is -2.41. The van der Waals surface area contributed by atoms with Crippen molar-refractivity contribution >= 4 is 15.9 Å². The van der Waals surface area contributed by atoms with Gasteiger partial charge in [0, 0.05) is 17.8 Å². The standard InChI is InChI=1S/C27H35N5O5S/c1-5-38(34,35)23-12-10-22(11-13-23)32-16-20(14-30-32)25-24(15-28-18-29-25)36-17-19-6-8-21(9-7-19)31-26(33)37-27(2,3)4/h10-16,18-19,21H,5-9,17H2,1-4H3,(H,31,33). The van der Waals surface area contributed by atoms with E-state index in [0.29, 0.717) is 24.0 Å². The molecule has 0 aliphatic heterocycles. The van der Waals surface area contributed by atoms with E-state index in [-0.39, 0.29) is 22.8 Å². The van der Waals surface area contributed by atoms with Crippen molar-refractivity contribution in [1.82, 2.24) is 25.1 Å². The number of nitrogens with zero attached hydrogens (tertiary/aromatic N) is 4. The zero-order valence-electron chi connectivity index (χ0n) is 22.3. The Morgan fingerprint density at radius 3 is 2.47 bits per heavy atom. The summed E-state index contributed by atoms with van der Waals surface area (Å²) in [5.41, 5.74) is 1.62. The third-order valence-corrected chi connectivity index (χ3v) is 8.17. The molecule has 11 heteroatoms. The maximum atomic E-state index is 12.1. The zero-order chi connectivity index (χ0) is 27.3. The Bertz CT molecular complexity index is 1340. The Morgan fingerprint density at radius 2 is 1.82 bits per heavy atom. The van der Waals surface area contributed by atoms with Crippen LogP contribution in [0, 0.1) is 5.92 Å². The maximum absolute atomic E-state index is 12.1. The van der Waals surface area contributed by atoms with Gasteiger partial charge in [0.25, 0.3) is 0 Å². The van der Waals surface area contributed by atoms with Crippen molar-refractivity contribution in [2.24, 2.45) is 5.92 Å². The Kier molecular flexibility index (Phi) is 8.35. The number of amides is 1. The molecule has 1 amide bonds. The molecule has 38 heavy (non-hydrogen) atoms. The molecule has 0 saturated heterocycles. The Labute approximate surface area is 223 Å². The molecule has 10 nitrogen and oxygen atoms in total. The molecule has 3 aromatic rings. The molecule has 0 bridgehead atoms. The third kappa shape index (κ3) is 7.09. The van der Waals surface area contributed by atoms with Crippen LogP contribution in [0.4, 0.5) is 4.79 Å². The van der Waals surface area contributed by atoms with Crippen LogP contribution in [0.5, 0.6) is 5.75 Å². The molecule has 2 heterocycles. The zero-order valence-corrected chi connectivity index (χ0v) is 23.1. The average molecular weight is 542 g/mol. The van der Waals surface area contributed by atoms with Crippen molar-refractivity contribution < 1.29 is 22.7 Å². The van der Waals surface area contributed by atoms with Crippen LogP contribution in [0.1, 0.15) is 53.4 Å². The number of benzene rings is 1. The van der Waals surface area contributed by atoms with Crippen LogP contribution in [0.25, 0.3) is 16.9 Å². The number of aromatic nitrogens is 4. The molecule has 1 N–H and O–H groups in total. The minimum Gasteiger partial charge on any atom is -0.489 e. The van der Waals surface area contributed by atoms with Gasteiger partial charge in [-0.3, -0.25) is 0 Å². The number of ether oxygens (including phenoxy) is 2. The summed E-state index contributed by atoms with van der Waals surface area (Å²) >= 11 is 0. The predicted molar refractivity (Wildman–Crippen MR) is 143 cm³/mol. The van der Waals surface area contributed by atoms with Gasteiger partial charge in [0.2, 0.25) is 0 Å². The van der Waals surface area contributed by atoms with Crippen LogP contribution in [-0.2, 0) is 14.6 Å². The van der Waals surface area contributed by atoms with Crippen molar-refractivity contribution in [3.63, 3.8) is 0 Å². The van der Waals surface area contributed by atoms with E-state index in [4.69, 9.17) is 9.47 Å². The first-order valence-corrected chi connectivity index (χ1v) is 14.5. The van der Waals surface area contributed by atoms with Gasteiger partial charge in [0.15, 0.2) is 15.6 Å². The van der Waals surface area contributed by atoms with E-state index in [0.717, 1.165) is 36.9 Å². The number of sulfone groups is 1. The van der Waals surface area contributed by atoms with Crippen LogP contribution in [0.2, 0.25) is 0 Å². The van der Waals surface area contributed by atoms with Crippen molar-refractivity contribution in [3.8, 4) is 22.7 Å². The van der Waals surface area contributed by atoms with E-state index in [2.05, 4.69) is 20.4 Å². The molecule has 2 aromatic heterocycles. The molecule has 0 spiro atoms. The van der Waals surface area contributed by atoms with E-state index in [1.807, 2.05) is 27.0 Å². The largest absolute Gasteiger partial charge is 0.489 e. The van der Waals surface area contributed by atoms with Gasteiger partial charge in [-0.25, -0.2) is 27.9 Å². The lowest BCUT2D eigenvalue weighted by molar-refractivity contribution is 0.0483. The van der Waals surface area contributed by atoms with Gasteiger partial charge in [0.1, 0.15) is 17.6 Å². The van der Waals surface area contributed by atoms with E-state index in [1.54, 1.807) is 48.3 Å². The molecule has 0 unspecified atom stereocenters. The Morgan fingerprint density at radius 1 is 1.11 bits per heavy atom.